The van der Waals surface area contributed by atoms with Gasteiger partial charge in [-0.2, -0.15) is 0 Å². The van der Waals surface area contributed by atoms with Gasteiger partial charge in [0.25, 0.3) is 0 Å². The zero-order valence-corrected chi connectivity index (χ0v) is 11.8. The van der Waals surface area contributed by atoms with Crippen LogP contribution in [-0.2, 0) is 4.74 Å². The molecule has 0 aliphatic carbocycles. The summed E-state index contributed by atoms with van der Waals surface area (Å²) in [4.78, 5) is 11.6. The van der Waals surface area contributed by atoms with Gasteiger partial charge in [0.1, 0.15) is 11.4 Å². The van der Waals surface area contributed by atoms with Crippen LogP contribution < -0.4 is 4.74 Å². The molecule has 0 bridgehead atoms. The fourth-order valence-corrected chi connectivity index (χ4v) is 1.58. The molecule has 0 fully saturated rings. The SMILES string of the molecule is CCCOC(=O)c1ccc(OC(C)(C)CCO)cc1. The van der Waals surface area contributed by atoms with Crippen molar-refractivity contribution in [2.75, 3.05) is 13.2 Å². The van der Waals surface area contributed by atoms with Crippen LogP contribution >= 0.6 is 0 Å². The Morgan fingerprint density at radius 1 is 1.26 bits per heavy atom. The Balaban J connectivity index is 2.63. The number of carbonyl (C=O) groups excluding carboxylic acids is 1. The van der Waals surface area contributed by atoms with Crippen molar-refractivity contribution in [3.63, 3.8) is 0 Å². The molecule has 0 aliphatic rings. The van der Waals surface area contributed by atoms with E-state index in [0.29, 0.717) is 24.3 Å². The molecule has 1 aromatic carbocycles. The highest BCUT2D eigenvalue weighted by atomic mass is 16.5. The minimum atomic E-state index is -0.432. The molecule has 4 nitrogen and oxygen atoms in total. The van der Waals surface area contributed by atoms with Crippen LogP contribution in [0.3, 0.4) is 0 Å². The topological polar surface area (TPSA) is 55.8 Å². The van der Waals surface area contributed by atoms with E-state index in [9.17, 15) is 4.79 Å². The first-order chi connectivity index (χ1) is 8.98. The Bertz CT molecular complexity index is 395. The zero-order valence-electron chi connectivity index (χ0n) is 11.8. The highest BCUT2D eigenvalue weighted by molar-refractivity contribution is 5.89. The summed E-state index contributed by atoms with van der Waals surface area (Å²) in [5.41, 5.74) is 0.0830. The van der Waals surface area contributed by atoms with Crippen LogP contribution in [-0.4, -0.2) is 29.9 Å². The lowest BCUT2D eigenvalue weighted by atomic mass is 10.1. The van der Waals surface area contributed by atoms with E-state index < -0.39 is 5.60 Å². The normalized spacial score (nSPS) is 11.2. The van der Waals surface area contributed by atoms with Gasteiger partial charge in [0.15, 0.2) is 0 Å². The highest BCUT2D eigenvalue weighted by Crippen LogP contribution is 2.21. The maximum Gasteiger partial charge on any atom is 0.338 e. The zero-order chi connectivity index (χ0) is 14.3. The molecule has 106 valence electrons. The predicted molar refractivity (Wildman–Crippen MR) is 73.4 cm³/mol. The minimum absolute atomic E-state index is 0.0778. The van der Waals surface area contributed by atoms with Gasteiger partial charge in [-0.3, -0.25) is 0 Å². The molecular weight excluding hydrogens is 244 g/mol. The Hall–Kier alpha value is -1.55. The molecule has 1 rings (SSSR count). The quantitative estimate of drug-likeness (QED) is 0.771. The number of hydrogen-bond acceptors (Lipinski definition) is 4. The van der Waals surface area contributed by atoms with Gasteiger partial charge in [-0.1, -0.05) is 6.92 Å². The standard InChI is InChI=1S/C15H22O4/c1-4-11-18-14(17)12-5-7-13(8-6-12)19-15(2,3)9-10-16/h5-8,16H,4,9-11H2,1-3H3. The summed E-state index contributed by atoms with van der Waals surface area (Å²) in [6.45, 7) is 6.28. The molecule has 4 heteroatoms. The second-order valence-electron chi connectivity index (χ2n) is 5.00. The number of aliphatic hydroxyl groups excluding tert-OH is 1. The van der Waals surface area contributed by atoms with Gasteiger partial charge >= 0.3 is 5.97 Å². The largest absolute Gasteiger partial charge is 0.488 e. The van der Waals surface area contributed by atoms with E-state index >= 15 is 0 Å². The third-order valence-corrected chi connectivity index (χ3v) is 2.64. The van der Waals surface area contributed by atoms with Crippen molar-refractivity contribution in [1.82, 2.24) is 0 Å². The molecule has 1 aromatic rings. The lowest BCUT2D eigenvalue weighted by molar-refractivity contribution is 0.0505. The van der Waals surface area contributed by atoms with Gasteiger partial charge in [-0.05, 0) is 44.5 Å². The van der Waals surface area contributed by atoms with E-state index in [1.54, 1.807) is 24.3 Å². The summed E-state index contributed by atoms with van der Waals surface area (Å²) in [5.74, 6) is 0.355. The number of ether oxygens (including phenoxy) is 2. The molecule has 0 aromatic heterocycles. The van der Waals surface area contributed by atoms with Crippen LogP contribution in [0.5, 0.6) is 5.75 Å². The third kappa shape index (κ3) is 5.30. The van der Waals surface area contributed by atoms with Crippen molar-refractivity contribution < 1.29 is 19.4 Å². The predicted octanol–water partition coefficient (Wildman–Crippen LogP) is 2.79. The summed E-state index contributed by atoms with van der Waals surface area (Å²) < 4.78 is 10.8. The minimum Gasteiger partial charge on any atom is -0.488 e. The van der Waals surface area contributed by atoms with Gasteiger partial charge in [-0.25, -0.2) is 4.79 Å². The monoisotopic (exact) mass is 266 g/mol. The average molecular weight is 266 g/mol. The summed E-state index contributed by atoms with van der Waals surface area (Å²) >= 11 is 0. The molecule has 0 radical (unpaired) electrons. The van der Waals surface area contributed by atoms with Crippen LogP contribution in [0.25, 0.3) is 0 Å². The average Bonchev–Trinajstić information content (AvgIpc) is 2.36. The van der Waals surface area contributed by atoms with E-state index in [0.717, 1.165) is 6.42 Å². The van der Waals surface area contributed by atoms with E-state index in [4.69, 9.17) is 14.6 Å². The van der Waals surface area contributed by atoms with Gasteiger partial charge in [0.05, 0.1) is 12.2 Å². The number of esters is 1. The van der Waals surface area contributed by atoms with Crippen LogP contribution in [0.4, 0.5) is 0 Å². The molecule has 0 aliphatic heterocycles. The van der Waals surface area contributed by atoms with Gasteiger partial charge in [0.2, 0.25) is 0 Å². The molecule has 1 N–H and O–H groups in total. The second-order valence-corrected chi connectivity index (χ2v) is 5.00. The fraction of sp³-hybridized carbons (Fsp3) is 0.533. The van der Waals surface area contributed by atoms with Crippen molar-refractivity contribution >= 4 is 5.97 Å². The molecule has 0 unspecified atom stereocenters. The van der Waals surface area contributed by atoms with E-state index in [-0.39, 0.29) is 12.6 Å². The van der Waals surface area contributed by atoms with Crippen molar-refractivity contribution in [2.45, 2.75) is 39.2 Å². The summed E-state index contributed by atoms with van der Waals surface area (Å²) in [6.07, 6.45) is 1.36. The van der Waals surface area contributed by atoms with E-state index in [1.807, 2.05) is 20.8 Å². The molecular formula is C15H22O4. The molecule has 0 spiro atoms. The molecule has 19 heavy (non-hydrogen) atoms. The first-order valence-corrected chi connectivity index (χ1v) is 6.55. The summed E-state index contributed by atoms with van der Waals surface area (Å²) in [7, 11) is 0. The Kier molecular flexibility index (Phi) is 5.83. The molecule has 0 saturated carbocycles. The van der Waals surface area contributed by atoms with Gasteiger partial charge in [0, 0.05) is 13.0 Å². The number of benzene rings is 1. The lowest BCUT2D eigenvalue weighted by Gasteiger charge is -2.25. The smallest absolute Gasteiger partial charge is 0.338 e. The molecule has 0 saturated heterocycles. The molecule has 0 heterocycles. The molecule has 0 atom stereocenters. The maximum atomic E-state index is 11.6. The van der Waals surface area contributed by atoms with Crippen LogP contribution in [0.2, 0.25) is 0 Å². The Morgan fingerprint density at radius 3 is 2.42 bits per heavy atom. The summed E-state index contributed by atoms with van der Waals surface area (Å²) in [6, 6.07) is 6.84. The van der Waals surface area contributed by atoms with Crippen molar-refractivity contribution in [3.05, 3.63) is 29.8 Å². The Labute approximate surface area is 114 Å². The number of hydrogen-bond donors (Lipinski definition) is 1. The van der Waals surface area contributed by atoms with Crippen molar-refractivity contribution in [1.29, 1.82) is 0 Å². The van der Waals surface area contributed by atoms with Crippen LogP contribution in [0.1, 0.15) is 44.0 Å². The Morgan fingerprint density at radius 2 is 1.89 bits per heavy atom. The maximum absolute atomic E-state index is 11.6. The number of carbonyl (C=O) groups is 1. The van der Waals surface area contributed by atoms with Crippen molar-refractivity contribution in [3.8, 4) is 5.75 Å². The van der Waals surface area contributed by atoms with Crippen LogP contribution in [0.15, 0.2) is 24.3 Å². The van der Waals surface area contributed by atoms with Gasteiger partial charge < -0.3 is 14.6 Å². The van der Waals surface area contributed by atoms with E-state index in [1.165, 1.54) is 0 Å². The second kappa shape index (κ2) is 7.14. The fourth-order valence-electron chi connectivity index (χ4n) is 1.58. The lowest BCUT2D eigenvalue weighted by Crippen LogP contribution is -2.29. The first-order valence-electron chi connectivity index (χ1n) is 6.55. The summed E-state index contributed by atoms with van der Waals surface area (Å²) in [5, 5.41) is 8.94. The van der Waals surface area contributed by atoms with Crippen molar-refractivity contribution in [2.24, 2.45) is 0 Å². The number of rotatable bonds is 7. The highest BCUT2D eigenvalue weighted by Gasteiger charge is 2.19. The number of aliphatic hydroxyl groups is 1. The van der Waals surface area contributed by atoms with Crippen LogP contribution in [0, 0.1) is 0 Å². The van der Waals surface area contributed by atoms with Gasteiger partial charge in [-0.15, -0.1) is 0 Å². The first kappa shape index (κ1) is 15.5. The third-order valence-electron chi connectivity index (χ3n) is 2.64. The van der Waals surface area contributed by atoms with E-state index in [2.05, 4.69) is 0 Å². The molecule has 0 amide bonds.